The molecule has 1 rings (SSSR count). The van der Waals surface area contributed by atoms with Gasteiger partial charge in [-0.25, -0.2) is 16.8 Å². The number of nitrogens with zero attached hydrogens (tertiary/aromatic N) is 1. The molecule has 0 unspecified atom stereocenters. The molecule has 0 radical (unpaired) electrons. The Bertz CT molecular complexity index is 674. The minimum absolute atomic E-state index is 0.295. The van der Waals surface area contributed by atoms with Crippen molar-refractivity contribution in [1.29, 1.82) is 0 Å². The molecule has 9 heteroatoms. The van der Waals surface area contributed by atoms with Gasteiger partial charge in [-0.2, -0.15) is 0 Å². The average Bonchev–Trinajstić information content (AvgIpc) is 2.14. The van der Waals surface area contributed by atoms with Crippen LogP contribution >= 0.6 is 0 Å². The van der Waals surface area contributed by atoms with Crippen molar-refractivity contribution in [3.05, 3.63) is 28.3 Å². The van der Waals surface area contributed by atoms with E-state index in [1.165, 1.54) is 0 Å². The molecule has 0 bridgehead atoms. The van der Waals surface area contributed by atoms with Crippen LogP contribution in [0.2, 0.25) is 0 Å². The lowest BCUT2D eigenvalue weighted by atomic mass is 10.3. The maximum absolute atomic E-state index is 11.3. The minimum atomic E-state index is -3.78. The van der Waals surface area contributed by atoms with E-state index in [-0.39, 0.29) is 4.90 Å². The third-order valence-corrected chi connectivity index (χ3v) is 4.21. The van der Waals surface area contributed by atoms with E-state index in [9.17, 15) is 26.9 Å². The fourth-order valence-electron chi connectivity index (χ4n) is 1.18. The number of benzene rings is 1. The van der Waals surface area contributed by atoms with E-state index in [0.717, 1.165) is 30.7 Å². The highest BCUT2D eigenvalue weighted by Gasteiger charge is 2.24. The van der Waals surface area contributed by atoms with Gasteiger partial charge in [-0.1, -0.05) is 0 Å². The SMILES string of the molecule is CS(=O)(=O)c1ccc(S(C)(=O)=O)c([N+](=O)[O-])c1. The number of nitro groups is 1. The summed E-state index contributed by atoms with van der Waals surface area (Å²) in [6.45, 7) is 0. The largest absolute Gasteiger partial charge is 0.289 e. The highest BCUT2D eigenvalue weighted by atomic mass is 32.2. The van der Waals surface area contributed by atoms with Crippen molar-refractivity contribution in [3.63, 3.8) is 0 Å². The molecule has 0 heterocycles. The summed E-state index contributed by atoms with van der Waals surface area (Å²) in [5.74, 6) is 0. The Morgan fingerprint density at radius 3 is 1.94 bits per heavy atom. The topological polar surface area (TPSA) is 111 Å². The van der Waals surface area contributed by atoms with Crippen LogP contribution in [-0.4, -0.2) is 34.3 Å². The molecule has 0 fully saturated rings. The maximum Gasteiger partial charge on any atom is 0.289 e. The zero-order valence-electron chi connectivity index (χ0n) is 8.95. The first-order valence-corrected chi connectivity index (χ1v) is 8.00. The molecule has 7 nitrogen and oxygen atoms in total. The van der Waals surface area contributed by atoms with Crippen molar-refractivity contribution < 1.29 is 21.8 Å². The monoisotopic (exact) mass is 279 g/mol. The standard InChI is InChI=1S/C8H9NO6S2/c1-16(12,13)6-3-4-8(17(2,14)15)7(5-6)9(10)11/h3-5H,1-2H3. The molecule has 0 aliphatic heterocycles. The van der Waals surface area contributed by atoms with Gasteiger partial charge in [0.1, 0.15) is 4.90 Å². The second-order valence-corrected chi connectivity index (χ2v) is 7.43. The predicted octanol–water partition coefficient (Wildman–Crippen LogP) is 0.402. The van der Waals surface area contributed by atoms with Crippen molar-refractivity contribution in [2.45, 2.75) is 9.79 Å². The van der Waals surface area contributed by atoms with Crippen molar-refractivity contribution in [2.75, 3.05) is 12.5 Å². The fraction of sp³-hybridized carbons (Fsp3) is 0.250. The van der Waals surface area contributed by atoms with Gasteiger partial charge in [0.15, 0.2) is 19.7 Å². The molecule has 0 aliphatic carbocycles. The molecule has 94 valence electrons. The molecule has 1 aromatic rings. The van der Waals surface area contributed by atoms with Crippen molar-refractivity contribution in [1.82, 2.24) is 0 Å². The van der Waals surface area contributed by atoms with Crippen LogP contribution in [0.4, 0.5) is 5.69 Å². The molecule has 0 spiro atoms. The van der Waals surface area contributed by atoms with E-state index in [1.54, 1.807) is 0 Å². The van der Waals surface area contributed by atoms with Gasteiger partial charge in [-0.3, -0.25) is 10.1 Å². The number of nitro benzene ring substituents is 1. The first-order valence-electron chi connectivity index (χ1n) is 4.22. The number of hydrogen-bond acceptors (Lipinski definition) is 6. The van der Waals surface area contributed by atoms with Gasteiger partial charge in [0, 0.05) is 18.6 Å². The Labute approximate surface area is 98.1 Å². The first-order chi connectivity index (χ1) is 7.53. The van der Waals surface area contributed by atoms with Gasteiger partial charge < -0.3 is 0 Å². The smallest absolute Gasteiger partial charge is 0.258 e. The molecule has 0 saturated heterocycles. The molecule has 17 heavy (non-hydrogen) atoms. The quantitative estimate of drug-likeness (QED) is 0.585. The molecule has 0 atom stereocenters. The average molecular weight is 279 g/mol. The van der Waals surface area contributed by atoms with Gasteiger partial charge in [0.05, 0.1) is 9.82 Å². The summed E-state index contributed by atoms with van der Waals surface area (Å²) >= 11 is 0. The molecule has 0 amide bonds. The van der Waals surface area contributed by atoms with Crippen molar-refractivity contribution in [2.24, 2.45) is 0 Å². The van der Waals surface area contributed by atoms with Crippen LogP contribution in [0.15, 0.2) is 28.0 Å². The van der Waals surface area contributed by atoms with Crippen LogP contribution in [0.1, 0.15) is 0 Å². The summed E-state index contributed by atoms with van der Waals surface area (Å²) < 4.78 is 44.9. The van der Waals surface area contributed by atoms with Gasteiger partial charge in [0.25, 0.3) is 5.69 Å². The van der Waals surface area contributed by atoms with E-state index in [1.807, 2.05) is 0 Å². The lowest BCUT2D eigenvalue weighted by Gasteiger charge is -2.03. The summed E-state index contributed by atoms with van der Waals surface area (Å²) in [6.07, 6.45) is 1.70. The van der Waals surface area contributed by atoms with Crippen molar-refractivity contribution in [3.8, 4) is 0 Å². The lowest BCUT2D eigenvalue weighted by Crippen LogP contribution is -2.05. The van der Waals surface area contributed by atoms with Crippen molar-refractivity contribution >= 4 is 25.4 Å². The molecular weight excluding hydrogens is 270 g/mol. The zero-order valence-corrected chi connectivity index (χ0v) is 10.6. The van der Waals surface area contributed by atoms with Gasteiger partial charge in [-0.05, 0) is 12.1 Å². The van der Waals surface area contributed by atoms with Crippen LogP contribution in [0, 0.1) is 10.1 Å². The van der Waals surface area contributed by atoms with E-state index in [4.69, 9.17) is 0 Å². The molecule has 0 saturated carbocycles. The Morgan fingerprint density at radius 1 is 1.06 bits per heavy atom. The van der Waals surface area contributed by atoms with E-state index in [0.29, 0.717) is 0 Å². The second kappa shape index (κ2) is 4.08. The van der Waals surface area contributed by atoms with E-state index < -0.39 is 35.2 Å². The van der Waals surface area contributed by atoms with Crippen LogP contribution in [0.3, 0.4) is 0 Å². The summed E-state index contributed by atoms with van der Waals surface area (Å²) in [4.78, 5) is 8.97. The number of hydrogen-bond donors (Lipinski definition) is 0. The Morgan fingerprint density at radius 2 is 1.59 bits per heavy atom. The lowest BCUT2D eigenvalue weighted by molar-refractivity contribution is -0.388. The summed E-state index contributed by atoms with van der Waals surface area (Å²) in [5.41, 5.74) is -0.740. The highest BCUT2D eigenvalue weighted by molar-refractivity contribution is 7.91. The predicted molar refractivity (Wildman–Crippen MR) is 59.3 cm³/mol. The first kappa shape index (κ1) is 13.6. The van der Waals surface area contributed by atoms with Gasteiger partial charge >= 0.3 is 0 Å². The third-order valence-electron chi connectivity index (χ3n) is 1.95. The highest BCUT2D eigenvalue weighted by Crippen LogP contribution is 2.26. The summed E-state index contributed by atoms with van der Waals surface area (Å²) in [5, 5.41) is 10.7. The maximum atomic E-state index is 11.3. The Balaban J connectivity index is 3.66. The third kappa shape index (κ3) is 3.01. The fourth-order valence-corrected chi connectivity index (χ4v) is 2.65. The van der Waals surface area contributed by atoms with E-state index in [2.05, 4.69) is 0 Å². The van der Waals surface area contributed by atoms with Gasteiger partial charge in [0.2, 0.25) is 0 Å². The van der Waals surface area contributed by atoms with Crippen LogP contribution < -0.4 is 0 Å². The normalized spacial score (nSPS) is 12.4. The number of rotatable bonds is 3. The van der Waals surface area contributed by atoms with Crippen LogP contribution in [0.5, 0.6) is 0 Å². The van der Waals surface area contributed by atoms with Crippen LogP contribution in [0.25, 0.3) is 0 Å². The molecular formula is C8H9NO6S2. The number of sulfone groups is 2. The Kier molecular flexibility index (Phi) is 3.26. The van der Waals surface area contributed by atoms with Crippen LogP contribution in [-0.2, 0) is 19.7 Å². The Hall–Kier alpha value is -1.48. The molecule has 0 aliphatic rings. The van der Waals surface area contributed by atoms with E-state index >= 15 is 0 Å². The molecule has 0 aromatic heterocycles. The summed E-state index contributed by atoms with van der Waals surface area (Å²) in [6, 6.07) is 2.69. The second-order valence-electron chi connectivity index (χ2n) is 3.43. The molecule has 1 aromatic carbocycles. The summed E-state index contributed by atoms with van der Waals surface area (Å²) in [7, 11) is -7.40. The van der Waals surface area contributed by atoms with Gasteiger partial charge in [-0.15, -0.1) is 0 Å². The molecule has 0 N–H and O–H groups in total. The minimum Gasteiger partial charge on any atom is -0.258 e. The zero-order chi connectivity index (χ0) is 13.4.